The van der Waals surface area contributed by atoms with Gasteiger partial charge in [-0.05, 0) is 6.07 Å². The van der Waals surface area contributed by atoms with Gasteiger partial charge >= 0.3 is 5.97 Å². The average molecular weight is 330 g/mol. The lowest BCUT2D eigenvalue weighted by molar-refractivity contribution is -0.385. The van der Waals surface area contributed by atoms with Crippen molar-refractivity contribution in [3.63, 3.8) is 0 Å². The van der Waals surface area contributed by atoms with Gasteiger partial charge in [-0.25, -0.2) is 9.78 Å². The van der Waals surface area contributed by atoms with Gasteiger partial charge in [-0.3, -0.25) is 10.1 Å². The maximum atomic E-state index is 11.9. The maximum absolute atomic E-state index is 11.9. The lowest BCUT2D eigenvalue weighted by Crippen LogP contribution is -2.06. The molecule has 0 fully saturated rings. The second-order valence-electron chi connectivity index (χ2n) is 4.47. The standard InChI is InChI=1S/C16H14N2O6/c1-22-10-13(16(19)23-2)12-5-3-4-6-14(12)24-15-8-7-11(9-17-15)18(20)21/h3-10H,1-2H3/b13-10+. The fourth-order valence-corrected chi connectivity index (χ4v) is 1.88. The number of ether oxygens (including phenoxy) is 3. The summed E-state index contributed by atoms with van der Waals surface area (Å²) in [6.45, 7) is 0. The van der Waals surface area contributed by atoms with Crippen molar-refractivity contribution >= 4 is 17.2 Å². The highest BCUT2D eigenvalue weighted by molar-refractivity contribution is 6.17. The molecule has 24 heavy (non-hydrogen) atoms. The number of carbonyl (C=O) groups is 1. The molecule has 0 N–H and O–H groups in total. The summed E-state index contributed by atoms with van der Waals surface area (Å²) in [5.41, 5.74) is 0.453. The molecular weight excluding hydrogens is 316 g/mol. The Hall–Kier alpha value is -3.42. The quantitative estimate of drug-likeness (QED) is 0.264. The fourth-order valence-electron chi connectivity index (χ4n) is 1.88. The third kappa shape index (κ3) is 3.86. The Bertz CT molecular complexity index is 770. The molecule has 0 atom stereocenters. The lowest BCUT2D eigenvalue weighted by Gasteiger charge is -2.11. The number of carbonyl (C=O) groups excluding carboxylic acids is 1. The maximum Gasteiger partial charge on any atom is 0.341 e. The highest BCUT2D eigenvalue weighted by Crippen LogP contribution is 2.30. The highest BCUT2D eigenvalue weighted by atomic mass is 16.6. The number of esters is 1. The molecule has 0 saturated heterocycles. The van der Waals surface area contributed by atoms with Gasteiger partial charge in [-0.2, -0.15) is 0 Å². The van der Waals surface area contributed by atoms with Crippen molar-refractivity contribution in [1.82, 2.24) is 4.98 Å². The first-order chi connectivity index (χ1) is 11.6. The third-order valence-electron chi connectivity index (χ3n) is 2.96. The molecule has 8 heteroatoms. The number of nitro groups is 1. The Kier molecular flexibility index (Phi) is 5.45. The van der Waals surface area contributed by atoms with Crippen molar-refractivity contribution in [3.8, 4) is 11.6 Å². The minimum Gasteiger partial charge on any atom is -0.503 e. The van der Waals surface area contributed by atoms with Gasteiger partial charge in [0, 0.05) is 17.7 Å². The summed E-state index contributed by atoms with van der Waals surface area (Å²) in [7, 11) is 2.66. The molecule has 124 valence electrons. The minimum absolute atomic E-state index is 0.148. The van der Waals surface area contributed by atoms with Crippen LogP contribution in [0.5, 0.6) is 11.6 Å². The van der Waals surface area contributed by atoms with Crippen LogP contribution in [0.4, 0.5) is 5.69 Å². The molecule has 0 aliphatic carbocycles. The second-order valence-corrected chi connectivity index (χ2v) is 4.47. The van der Waals surface area contributed by atoms with Crippen LogP contribution >= 0.6 is 0 Å². The highest BCUT2D eigenvalue weighted by Gasteiger charge is 2.18. The van der Waals surface area contributed by atoms with Crippen LogP contribution in [0.1, 0.15) is 5.56 Å². The summed E-state index contributed by atoms with van der Waals surface area (Å²) < 4.78 is 15.3. The number of methoxy groups -OCH3 is 2. The van der Waals surface area contributed by atoms with Gasteiger partial charge in [0.15, 0.2) is 0 Å². The van der Waals surface area contributed by atoms with E-state index in [-0.39, 0.29) is 17.1 Å². The monoisotopic (exact) mass is 330 g/mol. The van der Waals surface area contributed by atoms with Crippen molar-refractivity contribution in [3.05, 3.63) is 64.5 Å². The van der Waals surface area contributed by atoms with E-state index in [1.165, 1.54) is 32.6 Å². The first kappa shape index (κ1) is 16.9. The number of para-hydroxylation sites is 1. The van der Waals surface area contributed by atoms with E-state index in [2.05, 4.69) is 4.98 Å². The van der Waals surface area contributed by atoms with Gasteiger partial charge in [0.2, 0.25) is 5.88 Å². The average Bonchev–Trinajstić information content (AvgIpc) is 2.60. The van der Waals surface area contributed by atoms with Crippen molar-refractivity contribution in [2.45, 2.75) is 0 Å². The predicted octanol–water partition coefficient (Wildman–Crippen LogP) is 2.94. The number of hydrogen-bond acceptors (Lipinski definition) is 7. The number of pyridine rings is 1. The van der Waals surface area contributed by atoms with Gasteiger partial charge in [0.1, 0.15) is 17.5 Å². The van der Waals surface area contributed by atoms with E-state index in [1.54, 1.807) is 24.3 Å². The second kappa shape index (κ2) is 7.73. The summed E-state index contributed by atoms with van der Waals surface area (Å²) in [5.74, 6) is -0.119. The molecule has 1 aromatic carbocycles. The first-order valence-corrected chi connectivity index (χ1v) is 6.75. The first-order valence-electron chi connectivity index (χ1n) is 6.75. The van der Waals surface area contributed by atoms with E-state index < -0.39 is 10.9 Å². The minimum atomic E-state index is -0.593. The summed E-state index contributed by atoms with van der Waals surface area (Å²) >= 11 is 0. The largest absolute Gasteiger partial charge is 0.503 e. The van der Waals surface area contributed by atoms with Crippen LogP contribution in [0.15, 0.2) is 48.9 Å². The SMILES string of the molecule is CO/C=C(/C(=O)OC)c1ccccc1Oc1ccc([N+](=O)[O-])cn1. The summed E-state index contributed by atoms with van der Waals surface area (Å²) in [6, 6.07) is 9.36. The van der Waals surface area contributed by atoms with Crippen LogP contribution in [0, 0.1) is 10.1 Å². The van der Waals surface area contributed by atoms with E-state index in [9.17, 15) is 14.9 Å². The Morgan fingerprint density at radius 2 is 1.96 bits per heavy atom. The number of rotatable bonds is 6. The molecule has 0 amide bonds. The van der Waals surface area contributed by atoms with Gasteiger partial charge in [-0.1, -0.05) is 18.2 Å². The Labute approximate surface area is 137 Å². The van der Waals surface area contributed by atoms with E-state index in [0.717, 1.165) is 6.20 Å². The molecule has 0 unspecified atom stereocenters. The Morgan fingerprint density at radius 1 is 1.21 bits per heavy atom. The van der Waals surface area contributed by atoms with Crippen LogP contribution in [0.3, 0.4) is 0 Å². The van der Waals surface area contributed by atoms with Gasteiger partial charge in [-0.15, -0.1) is 0 Å². The van der Waals surface area contributed by atoms with Crippen molar-refractivity contribution in [1.29, 1.82) is 0 Å². The van der Waals surface area contributed by atoms with Crippen LogP contribution in [-0.4, -0.2) is 30.1 Å². The third-order valence-corrected chi connectivity index (χ3v) is 2.96. The van der Waals surface area contributed by atoms with E-state index in [4.69, 9.17) is 14.2 Å². The van der Waals surface area contributed by atoms with E-state index >= 15 is 0 Å². The lowest BCUT2D eigenvalue weighted by atomic mass is 10.1. The molecule has 8 nitrogen and oxygen atoms in total. The zero-order valence-electron chi connectivity index (χ0n) is 13.0. The van der Waals surface area contributed by atoms with Crippen LogP contribution in [0.2, 0.25) is 0 Å². The number of nitrogens with zero attached hydrogens (tertiary/aromatic N) is 2. The van der Waals surface area contributed by atoms with Crippen molar-refractivity contribution in [2.24, 2.45) is 0 Å². The summed E-state index contributed by atoms with van der Waals surface area (Å²) in [6.07, 6.45) is 2.33. The summed E-state index contributed by atoms with van der Waals surface area (Å²) in [4.78, 5) is 25.9. The van der Waals surface area contributed by atoms with Crippen LogP contribution < -0.4 is 4.74 Å². The Balaban J connectivity index is 2.36. The number of hydrogen-bond donors (Lipinski definition) is 0. The molecule has 0 aliphatic heterocycles. The van der Waals surface area contributed by atoms with Crippen LogP contribution in [-0.2, 0) is 14.3 Å². The van der Waals surface area contributed by atoms with Crippen molar-refractivity contribution < 1.29 is 23.9 Å². The molecule has 2 rings (SSSR count). The molecule has 0 saturated carbocycles. The van der Waals surface area contributed by atoms with Gasteiger partial charge < -0.3 is 14.2 Å². The Morgan fingerprint density at radius 3 is 2.54 bits per heavy atom. The molecule has 0 aliphatic rings. The van der Waals surface area contributed by atoms with E-state index in [0.29, 0.717) is 11.3 Å². The molecular formula is C16H14N2O6. The van der Waals surface area contributed by atoms with Gasteiger partial charge in [0.25, 0.3) is 5.69 Å². The molecule has 2 aromatic rings. The van der Waals surface area contributed by atoms with Crippen molar-refractivity contribution in [2.75, 3.05) is 14.2 Å². The molecule has 0 radical (unpaired) electrons. The predicted molar refractivity (Wildman–Crippen MR) is 84.4 cm³/mol. The van der Waals surface area contributed by atoms with Gasteiger partial charge in [0.05, 0.1) is 25.4 Å². The molecule has 0 bridgehead atoms. The molecule has 1 heterocycles. The topological polar surface area (TPSA) is 101 Å². The summed E-state index contributed by atoms with van der Waals surface area (Å²) in [5, 5.41) is 10.6. The van der Waals surface area contributed by atoms with E-state index in [1.807, 2.05) is 0 Å². The smallest absolute Gasteiger partial charge is 0.341 e. The number of benzene rings is 1. The fraction of sp³-hybridized carbons (Fsp3) is 0.125. The zero-order chi connectivity index (χ0) is 17.5. The van der Waals surface area contributed by atoms with Crippen LogP contribution in [0.25, 0.3) is 5.57 Å². The zero-order valence-corrected chi connectivity index (χ0v) is 13.0. The number of aromatic nitrogens is 1. The normalized spacial score (nSPS) is 10.8. The molecule has 0 spiro atoms. The molecule has 1 aromatic heterocycles.